The van der Waals surface area contributed by atoms with Crippen molar-refractivity contribution in [2.75, 3.05) is 40.6 Å². The molecule has 0 aromatic heterocycles. The molecule has 37 heavy (non-hydrogen) atoms. The maximum absolute atomic E-state index is 6.03. The molecule has 0 N–H and O–H groups in total. The van der Waals surface area contributed by atoms with Gasteiger partial charge in [0.05, 0.1) is 26.5 Å². The molecule has 0 bridgehead atoms. The van der Waals surface area contributed by atoms with Crippen molar-refractivity contribution in [2.45, 2.75) is 116 Å². The van der Waals surface area contributed by atoms with E-state index < -0.39 is 0 Å². The fraction of sp³-hybridized carbons (Fsp3) is 0.750. The fourth-order valence-electron chi connectivity index (χ4n) is 4.86. The van der Waals surface area contributed by atoms with E-state index >= 15 is 0 Å². The standard InChI is InChI=1S/C32H56N2O3/c1-4-5-6-7-8-9-10-11-12-13-14-15-16-19-24-36-27-32(35-3)28-37-26-31-21-18-17-20-30(31)25-34-23-22-33(2)29-34/h17-18,20-23,32H,4-16,19,24-29H2,1-3H3. The van der Waals surface area contributed by atoms with Crippen molar-refractivity contribution in [2.24, 2.45) is 0 Å². The topological polar surface area (TPSA) is 34.2 Å². The predicted molar refractivity (Wildman–Crippen MR) is 155 cm³/mol. The molecule has 212 valence electrons. The highest BCUT2D eigenvalue weighted by atomic mass is 16.6. The van der Waals surface area contributed by atoms with E-state index in [0.29, 0.717) is 19.8 Å². The molecule has 1 unspecified atom stereocenters. The highest BCUT2D eigenvalue weighted by Crippen LogP contribution is 2.16. The van der Waals surface area contributed by atoms with Gasteiger partial charge in [-0.2, -0.15) is 0 Å². The summed E-state index contributed by atoms with van der Waals surface area (Å²) in [5.41, 5.74) is 2.55. The molecule has 1 aromatic carbocycles. The van der Waals surface area contributed by atoms with Gasteiger partial charge in [-0.05, 0) is 17.5 Å². The van der Waals surface area contributed by atoms with Gasteiger partial charge in [0.2, 0.25) is 0 Å². The Morgan fingerprint density at radius 2 is 1.30 bits per heavy atom. The first-order valence-electron chi connectivity index (χ1n) is 15.1. The third kappa shape index (κ3) is 15.4. The van der Waals surface area contributed by atoms with Crippen LogP contribution in [0.2, 0.25) is 0 Å². The quantitative estimate of drug-likeness (QED) is 0.131. The van der Waals surface area contributed by atoms with Crippen LogP contribution >= 0.6 is 0 Å². The molecule has 5 nitrogen and oxygen atoms in total. The lowest BCUT2D eigenvalue weighted by atomic mass is 10.0. The molecule has 0 saturated heterocycles. The first-order chi connectivity index (χ1) is 18.2. The van der Waals surface area contributed by atoms with Gasteiger partial charge in [0.15, 0.2) is 0 Å². The highest BCUT2D eigenvalue weighted by Gasteiger charge is 2.12. The minimum Gasteiger partial charge on any atom is -0.379 e. The van der Waals surface area contributed by atoms with Crippen molar-refractivity contribution in [1.82, 2.24) is 9.80 Å². The summed E-state index contributed by atoms with van der Waals surface area (Å²) >= 11 is 0. The van der Waals surface area contributed by atoms with Gasteiger partial charge in [-0.15, -0.1) is 0 Å². The minimum atomic E-state index is -0.0195. The second-order valence-corrected chi connectivity index (χ2v) is 10.8. The van der Waals surface area contributed by atoms with Gasteiger partial charge in [0.1, 0.15) is 6.10 Å². The summed E-state index contributed by atoms with van der Waals surface area (Å²) < 4.78 is 17.5. The van der Waals surface area contributed by atoms with Crippen molar-refractivity contribution >= 4 is 0 Å². The number of benzene rings is 1. The lowest BCUT2D eigenvalue weighted by Crippen LogP contribution is -2.25. The highest BCUT2D eigenvalue weighted by molar-refractivity contribution is 5.26. The van der Waals surface area contributed by atoms with Gasteiger partial charge in [-0.25, -0.2) is 0 Å². The molecule has 1 heterocycles. The van der Waals surface area contributed by atoms with Gasteiger partial charge in [-0.1, -0.05) is 115 Å². The molecular weight excluding hydrogens is 460 g/mol. The summed E-state index contributed by atoms with van der Waals surface area (Å²) in [5, 5.41) is 0. The molecule has 2 rings (SSSR count). The summed E-state index contributed by atoms with van der Waals surface area (Å²) in [6.07, 6.45) is 23.6. The van der Waals surface area contributed by atoms with Crippen LogP contribution in [0.25, 0.3) is 0 Å². The molecular formula is C32H56N2O3. The van der Waals surface area contributed by atoms with Crippen molar-refractivity contribution in [3.05, 3.63) is 47.8 Å². The molecule has 5 heteroatoms. The number of rotatable bonds is 24. The van der Waals surface area contributed by atoms with Crippen LogP contribution in [0, 0.1) is 0 Å². The monoisotopic (exact) mass is 516 g/mol. The zero-order chi connectivity index (χ0) is 26.4. The van der Waals surface area contributed by atoms with Crippen LogP contribution in [0.15, 0.2) is 36.7 Å². The normalized spacial score (nSPS) is 14.1. The van der Waals surface area contributed by atoms with Gasteiger partial charge in [0.25, 0.3) is 0 Å². The average Bonchev–Trinajstić information content (AvgIpc) is 3.32. The lowest BCUT2D eigenvalue weighted by molar-refractivity contribution is -0.0453. The van der Waals surface area contributed by atoms with Crippen molar-refractivity contribution < 1.29 is 14.2 Å². The Kier molecular flexibility index (Phi) is 18.3. The maximum atomic E-state index is 6.03. The SMILES string of the molecule is CCCCCCCCCCCCCCCCOCC(COCc1ccccc1CN1C=CN(C)C1)OC. The molecule has 1 atom stereocenters. The smallest absolute Gasteiger partial charge is 0.104 e. The van der Waals surface area contributed by atoms with E-state index in [2.05, 4.69) is 60.4 Å². The fourth-order valence-corrected chi connectivity index (χ4v) is 4.86. The van der Waals surface area contributed by atoms with Crippen molar-refractivity contribution in [1.29, 1.82) is 0 Å². The first-order valence-corrected chi connectivity index (χ1v) is 15.1. The number of hydrogen-bond acceptors (Lipinski definition) is 5. The number of ether oxygens (including phenoxy) is 3. The van der Waals surface area contributed by atoms with E-state index in [0.717, 1.165) is 26.2 Å². The lowest BCUT2D eigenvalue weighted by Gasteiger charge is -2.20. The molecule has 0 amide bonds. The van der Waals surface area contributed by atoms with E-state index in [1.165, 1.54) is 94.6 Å². The van der Waals surface area contributed by atoms with E-state index in [1.807, 2.05) is 0 Å². The van der Waals surface area contributed by atoms with Gasteiger partial charge >= 0.3 is 0 Å². The molecule has 1 aliphatic rings. The second-order valence-electron chi connectivity index (χ2n) is 10.8. The Morgan fingerprint density at radius 3 is 1.86 bits per heavy atom. The summed E-state index contributed by atoms with van der Waals surface area (Å²) in [6, 6.07) is 8.54. The van der Waals surface area contributed by atoms with Crippen LogP contribution in [0.5, 0.6) is 0 Å². The van der Waals surface area contributed by atoms with Crippen molar-refractivity contribution in [3.8, 4) is 0 Å². The average molecular weight is 517 g/mol. The van der Waals surface area contributed by atoms with Crippen LogP contribution in [-0.4, -0.2) is 56.6 Å². The Labute approximate surface area is 228 Å². The van der Waals surface area contributed by atoms with E-state index in [9.17, 15) is 0 Å². The number of unbranched alkanes of at least 4 members (excludes halogenated alkanes) is 13. The van der Waals surface area contributed by atoms with Crippen LogP contribution < -0.4 is 0 Å². The largest absolute Gasteiger partial charge is 0.379 e. The van der Waals surface area contributed by atoms with Crippen molar-refractivity contribution in [3.63, 3.8) is 0 Å². The molecule has 0 radical (unpaired) electrons. The summed E-state index contributed by atoms with van der Waals surface area (Å²) in [6.45, 7) is 6.68. The predicted octanol–water partition coefficient (Wildman–Crippen LogP) is 7.89. The molecule has 1 aliphatic heterocycles. The maximum Gasteiger partial charge on any atom is 0.104 e. The molecule has 0 spiro atoms. The van der Waals surface area contributed by atoms with Gasteiger partial charge in [-0.3, -0.25) is 0 Å². The number of methoxy groups -OCH3 is 1. The Balaban J connectivity index is 1.43. The van der Waals surface area contributed by atoms with E-state index in [4.69, 9.17) is 14.2 Å². The molecule has 0 saturated carbocycles. The van der Waals surface area contributed by atoms with Crippen LogP contribution in [0.1, 0.15) is 108 Å². The third-order valence-electron chi connectivity index (χ3n) is 7.27. The Morgan fingerprint density at radius 1 is 0.730 bits per heavy atom. The number of hydrogen-bond donors (Lipinski definition) is 0. The van der Waals surface area contributed by atoms with Crippen LogP contribution in [0.3, 0.4) is 0 Å². The summed E-state index contributed by atoms with van der Waals surface area (Å²) in [4.78, 5) is 4.49. The molecule has 0 fully saturated rings. The Bertz CT molecular complexity index is 696. The van der Waals surface area contributed by atoms with Gasteiger partial charge in [0, 0.05) is 39.7 Å². The zero-order valence-electron chi connectivity index (χ0n) is 24.3. The third-order valence-corrected chi connectivity index (χ3v) is 7.27. The summed E-state index contributed by atoms with van der Waals surface area (Å²) in [5.74, 6) is 0. The zero-order valence-corrected chi connectivity index (χ0v) is 24.3. The second kappa shape index (κ2) is 21.4. The molecule has 0 aliphatic carbocycles. The minimum absolute atomic E-state index is 0.0195. The molecule has 1 aromatic rings. The van der Waals surface area contributed by atoms with Crippen LogP contribution in [-0.2, 0) is 27.4 Å². The van der Waals surface area contributed by atoms with E-state index in [1.54, 1.807) is 7.11 Å². The van der Waals surface area contributed by atoms with Crippen LogP contribution in [0.4, 0.5) is 0 Å². The summed E-state index contributed by atoms with van der Waals surface area (Å²) in [7, 11) is 3.84. The number of nitrogens with zero attached hydrogens (tertiary/aromatic N) is 2. The first kappa shape index (κ1) is 31.7. The Hall–Kier alpha value is -1.56. The van der Waals surface area contributed by atoms with Gasteiger partial charge < -0.3 is 24.0 Å². The van der Waals surface area contributed by atoms with E-state index in [-0.39, 0.29) is 6.10 Å².